The van der Waals surface area contributed by atoms with Gasteiger partial charge in [-0.15, -0.1) is 0 Å². The largest absolute Gasteiger partial charge is 0.383 e. The Labute approximate surface area is 176 Å². The number of aryl methyl sites for hydroxylation is 1. The zero-order chi connectivity index (χ0) is 21.0. The van der Waals surface area contributed by atoms with Crippen LogP contribution in [-0.4, -0.2) is 52.0 Å². The summed E-state index contributed by atoms with van der Waals surface area (Å²) in [7, 11) is -2.16. The fourth-order valence-corrected chi connectivity index (χ4v) is 5.33. The maximum Gasteiger partial charge on any atom is 0.243 e. The Hall–Kier alpha value is -1.93. The van der Waals surface area contributed by atoms with Gasteiger partial charge in [0.05, 0.1) is 17.4 Å². The first-order valence-electron chi connectivity index (χ1n) is 9.42. The summed E-state index contributed by atoms with van der Waals surface area (Å²) >= 11 is 5.90. The molecule has 0 saturated carbocycles. The van der Waals surface area contributed by atoms with Crippen molar-refractivity contribution in [2.75, 3.05) is 33.4 Å². The molecule has 29 heavy (non-hydrogen) atoms. The van der Waals surface area contributed by atoms with E-state index in [0.717, 1.165) is 11.1 Å². The molecule has 2 atom stereocenters. The third-order valence-electron chi connectivity index (χ3n) is 5.27. The van der Waals surface area contributed by atoms with E-state index in [4.69, 9.17) is 16.3 Å². The van der Waals surface area contributed by atoms with Gasteiger partial charge in [-0.25, -0.2) is 8.42 Å². The van der Waals surface area contributed by atoms with Crippen LogP contribution in [0.1, 0.15) is 17.0 Å². The molecule has 2 unspecified atom stereocenters. The van der Waals surface area contributed by atoms with E-state index in [1.54, 1.807) is 19.2 Å². The third-order valence-corrected chi connectivity index (χ3v) is 7.37. The summed E-state index contributed by atoms with van der Waals surface area (Å²) in [4.78, 5) is 13.0. The lowest BCUT2D eigenvalue weighted by Crippen LogP contribution is -2.37. The number of sulfonamides is 1. The van der Waals surface area contributed by atoms with Crippen LogP contribution in [0, 0.1) is 12.8 Å². The number of benzene rings is 2. The second-order valence-corrected chi connectivity index (χ2v) is 9.50. The van der Waals surface area contributed by atoms with Crippen LogP contribution in [0.4, 0.5) is 0 Å². The van der Waals surface area contributed by atoms with Crippen LogP contribution in [0.5, 0.6) is 0 Å². The van der Waals surface area contributed by atoms with E-state index < -0.39 is 15.9 Å². The van der Waals surface area contributed by atoms with E-state index in [-0.39, 0.29) is 29.8 Å². The zero-order valence-electron chi connectivity index (χ0n) is 16.5. The molecule has 8 heteroatoms. The molecule has 0 bridgehead atoms. The lowest BCUT2D eigenvalue weighted by atomic mass is 9.86. The highest BCUT2D eigenvalue weighted by Gasteiger charge is 2.43. The molecule has 6 nitrogen and oxygen atoms in total. The Morgan fingerprint density at radius 1 is 1.17 bits per heavy atom. The average molecular weight is 437 g/mol. The van der Waals surface area contributed by atoms with Crippen molar-refractivity contribution in [3.8, 4) is 0 Å². The first-order chi connectivity index (χ1) is 13.8. The monoisotopic (exact) mass is 436 g/mol. The van der Waals surface area contributed by atoms with Crippen LogP contribution in [0.15, 0.2) is 53.4 Å². The lowest BCUT2D eigenvalue weighted by Gasteiger charge is -2.20. The molecule has 1 saturated heterocycles. The Morgan fingerprint density at radius 2 is 1.86 bits per heavy atom. The van der Waals surface area contributed by atoms with E-state index in [9.17, 15) is 13.2 Å². The molecule has 1 aliphatic rings. The zero-order valence-corrected chi connectivity index (χ0v) is 18.0. The van der Waals surface area contributed by atoms with E-state index in [1.165, 1.54) is 16.4 Å². The summed E-state index contributed by atoms with van der Waals surface area (Å²) in [5, 5.41) is 3.33. The summed E-state index contributed by atoms with van der Waals surface area (Å²) in [6.45, 7) is 3.14. The number of rotatable bonds is 7. The Morgan fingerprint density at radius 3 is 2.52 bits per heavy atom. The first kappa shape index (κ1) is 21.8. The molecule has 3 rings (SSSR count). The lowest BCUT2D eigenvalue weighted by molar-refractivity contribution is -0.125. The first-order valence-corrected chi connectivity index (χ1v) is 11.2. The molecule has 1 aliphatic heterocycles. The van der Waals surface area contributed by atoms with Crippen molar-refractivity contribution in [3.05, 3.63) is 64.7 Å². The van der Waals surface area contributed by atoms with Crippen molar-refractivity contribution in [1.29, 1.82) is 0 Å². The number of hydrogen-bond acceptors (Lipinski definition) is 4. The molecular formula is C21H25ClN2O4S. The van der Waals surface area contributed by atoms with Gasteiger partial charge in [0.1, 0.15) is 0 Å². The minimum atomic E-state index is -3.73. The van der Waals surface area contributed by atoms with Crippen LogP contribution in [-0.2, 0) is 19.6 Å². The topological polar surface area (TPSA) is 75.7 Å². The molecule has 1 amide bonds. The average Bonchev–Trinajstić information content (AvgIpc) is 3.15. The van der Waals surface area contributed by atoms with Crippen LogP contribution < -0.4 is 5.32 Å². The highest BCUT2D eigenvalue weighted by atomic mass is 35.5. The van der Waals surface area contributed by atoms with Crippen molar-refractivity contribution < 1.29 is 17.9 Å². The molecule has 156 valence electrons. The maximum absolute atomic E-state index is 13.2. The number of carbonyl (C=O) groups is 1. The van der Waals surface area contributed by atoms with E-state index >= 15 is 0 Å². The standard InChI is InChI=1S/C21H25ClN2O4S/c1-15-5-3-4-6-18(15)19-13-24(14-20(19)21(25)23-11-12-28-2)29(26,27)17-9-7-16(22)8-10-17/h3-10,19-20H,11-14H2,1-2H3,(H,23,25). The molecule has 0 radical (unpaired) electrons. The second-order valence-electron chi connectivity index (χ2n) is 7.13. The predicted octanol–water partition coefficient (Wildman–Crippen LogP) is 2.82. The van der Waals surface area contributed by atoms with Gasteiger partial charge in [0, 0.05) is 37.7 Å². The van der Waals surface area contributed by atoms with Gasteiger partial charge in [-0.05, 0) is 42.3 Å². The number of nitrogens with zero attached hydrogens (tertiary/aromatic N) is 1. The molecule has 1 heterocycles. The smallest absolute Gasteiger partial charge is 0.243 e. The fraction of sp³-hybridized carbons (Fsp3) is 0.381. The summed E-state index contributed by atoms with van der Waals surface area (Å²) in [6.07, 6.45) is 0. The Bertz CT molecular complexity index is 963. The molecule has 1 N–H and O–H groups in total. The number of amides is 1. The van der Waals surface area contributed by atoms with Gasteiger partial charge in [0.25, 0.3) is 0 Å². The normalized spacial score (nSPS) is 20.0. The van der Waals surface area contributed by atoms with Crippen molar-refractivity contribution in [3.63, 3.8) is 0 Å². The van der Waals surface area contributed by atoms with Crippen molar-refractivity contribution in [2.45, 2.75) is 17.7 Å². The number of nitrogens with one attached hydrogen (secondary N) is 1. The van der Waals surface area contributed by atoms with Gasteiger partial charge < -0.3 is 10.1 Å². The highest BCUT2D eigenvalue weighted by molar-refractivity contribution is 7.89. The molecule has 2 aromatic rings. The van der Waals surface area contributed by atoms with Crippen LogP contribution >= 0.6 is 11.6 Å². The number of hydrogen-bond donors (Lipinski definition) is 1. The van der Waals surface area contributed by atoms with Crippen molar-refractivity contribution in [1.82, 2.24) is 9.62 Å². The maximum atomic E-state index is 13.2. The highest BCUT2D eigenvalue weighted by Crippen LogP contribution is 2.37. The van der Waals surface area contributed by atoms with Crippen molar-refractivity contribution in [2.24, 2.45) is 5.92 Å². The van der Waals surface area contributed by atoms with E-state index in [2.05, 4.69) is 5.32 Å². The molecule has 2 aromatic carbocycles. The molecule has 1 fully saturated rings. The minimum absolute atomic E-state index is 0.128. The second kappa shape index (κ2) is 9.26. The number of methoxy groups -OCH3 is 1. The number of halogens is 1. The Balaban J connectivity index is 1.90. The van der Waals surface area contributed by atoms with Gasteiger partial charge >= 0.3 is 0 Å². The van der Waals surface area contributed by atoms with Gasteiger partial charge in [0.2, 0.25) is 15.9 Å². The SMILES string of the molecule is COCCNC(=O)C1CN(S(=O)(=O)c2ccc(Cl)cc2)CC1c1ccccc1C. The van der Waals surface area contributed by atoms with E-state index in [1.807, 2.05) is 31.2 Å². The van der Waals surface area contributed by atoms with E-state index in [0.29, 0.717) is 18.2 Å². The number of ether oxygens (including phenoxy) is 1. The van der Waals surface area contributed by atoms with Gasteiger partial charge in [-0.1, -0.05) is 35.9 Å². The van der Waals surface area contributed by atoms with Gasteiger partial charge in [-0.2, -0.15) is 4.31 Å². The van der Waals surface area contributed by atoms with Crippen LogP contribution in [0.3, 0.4) is 0 Å². The van der Waals surface area contributed by atoms with Crippen LogP contribution in [0.2, 0.25) is 5.02 Å². The summed E-state index contributed by atoms with van der Waals surface area (Å²) in [6, 6.07) is 13.9. The molecule has 0 aromatic heterocycles. The van der Waals surface area contributed by atoms with Gasteiger partial charge in [0.15, 0.2) is 0 Å². The predicted molar refractivity (Wildman–Crippen MR) is 113 cm³/mol. The van der Waals surface area contributed by atoms with Crippen LogP contribution in [0.25, 0.3) is 0 Å². The summed E-state index contributed by atoms with van der Waals surface area (Å²) in [5.41, 5.74) is 2.03. The third kappa shape index (κ3) is 4.80. The fourth-order valence-electron chi connectivity index (χ4n) is 3.71. The Kier molecular flexibility index (Phi) is 6.95. The van der Waals surface area contributed by atoms with Gasteiger partial charge in [-0.3, -0.25) is 4.79 Å². The number of carbonyl (C=O) groups excluding carboxylic acids is 1. The molecule has 0 spiro atoms. The van der Waals surface area contributed by atoms with Crippen molar-refractivity contribution >= 4 is 27.5 Å². The minimum Gasteiger partial charge on any atom is -0.383 e. The quantitative estimate of drug-likeness (QED) is 0.677. The summed E-state index contributed by atoms with van der Waals surface area (Å²) in [5.74, 6) is -0.861. The summed E-state index contributed by atoms with van der Waals surface area (Å²) < 4.78 is 32.7. The molecular weight excluding hydrogens is 412 g/mol. The molecule has 0 aliphatic carbocycles.